The summed E-state index contributed by atoms with van der Waals surface area (Å²) >= 11 is 0. The highest BCUT2D eigenvalue weighted by Gasteiger charge is 2.34. The first-order valence-corrected chi connectivity index (χ1v) is 8.92. The molecule has 0 aliphatic carbocycles. The molecule has 26 heavy (non-hydrogen) atoms. The maximum absolute atomic E-state index is 12.8. The number of carbonyl (C=O) groups is 1. The van der Waals surface area contributed by atoms with Gasteiger partial charge in [-0.2, -0.15) is 4.98 Å². The highest BCUT2D eigenvalue weighted by atomic mass is 16.5. The molecular formula is C20H25N3O3. The van der Waals surface area contributed by atoms with Crippen LogP contribution in [0.1, 0.15) is 61.9 Å². The normalized spacial score (nSPS) is 18.1. The summed E-state index contributed by atoms with van der Waals surface area (Å²) in [7, 11) is 0. The Hall–Kier alpha value is -2.63. The molecule has 1 aliphatic heterocycles. The molecule has 2 N–H and O–H groups in total. The number of fused-ring (bicyclic) bond motifs is 1. The molecule has 0 bridgehead atoms. The van der Waals surface area contributed by atoms with Gasteiger partial charge in [-0.3, -0.25) is 4.79 Å². The number of carbonyl (C=O) groups excluding carboxylic acids is 1. The van der Waals surface area contributed by atoms with Crippen LogP contribution in [0.5, 0.6) is 5.75 Å². The van der Waals surface area contributed by atoms with E-state index in [0.29, 0.717) is 18.8 Å². The van der Waals surface area contributed by atoms with Crippen LogP contribution in [0.3, 0.4) is 0 Å². The van der Waals surface area contributed by atoms with Crippen LogP contribution in [0.15, 0.2) is 35.1 Å². The number of para-hydroxylation sites is 1. The molecule has 0 spiro atoms. The predicted molar refractivity (Wildman–Crippen MR) is 99.4 cm³/mol. The van der Waals surface area contributed by atoms with Crippen LogP contribution < -0.4 is 15.7 Å². The van der Waals surface area contributed by atoms with Gasteiger partial charge in [0.2, 0.25) is 0 Å². The topological polar surface area (TPSA) is 84.1 Å². The van der Waals surface area contributed by atoms with Crippen LogP contribution in [0.4, 0.5) is 0 Å². The highest BCUT2D eigenvalue weighted by molar-refractivity contribution is 5.92. The average molecular weight is 355 g/mol. The first-order chi connectivity index (χ1) is 12.2. The second kappa shape index (κ2) is 6.94. The van der Waals surface area contributed by atoms with E-state index >= 15 is 0 Å². The summed E-state index contributed by atoms with van der Waals surface area (Å²) in [6, 6.07) is 9.15. The van der Waals surface area contributed by atoms with Gasteiger partial charge in [-0.15, -0.1) is 0 Å². The maximum Gasteiger partial charge on any atom is 0.345 e. The van der Waals surface area contributed by atoms with Crippen molar-refractivity contribution in [1.29, 1.82) is 0 Å². The first kappa shape index (κ1) is 18.2. The fourth-order valence-corrected chi connectivity index (χ4v) is 3.34. The van der Waals surface area contributed by atoms with Gasteiger partial charge >= 0.3 is 5.69 Å². The van der Waals surface area contributed by atoms with E-state index in [1.165, 1.54) is 0 Å². The fraction of sp³-hybridized carbons (Fsp3) is 0.450. The second-order valence-corrected chi connectivity index (χ2v) is 7.82. The Morgan fingerprint density at radius 2 is 2.12 bits per heavy atom. The Labute approximate surface area is 153 Å². The monoisotopic (exact) mass is 355 g/mol. The number of rotatable bonds is 4. The Morgan fingerprint density at radius 1 is 1.38 bits per heavy atom. The van der Waals surface area contributed by atoms with Gasteiger partial charge < -0.3 is 15.0 Å². The molecule has 0 saturated carbocycles. The molecule has 1 amide bonds. The number of ether oxygens (including phenoxy) is 1. The minimum absolute atomic E-state index is 0.145. The summed E-state index contributed by atoms with van der Waals surface area (Å²) in [6.07, 6.45) is 1.32. The van der Waals surface area contributed by atoms with Gasteiger partial charge in [0.05, 0.1) is 6.04 Å². The minimum Gasteiger partial charge on any atom is -0.487 e. The van der Waals surface area contributed by atoms with Gasteiger partial charge in [-0.1, -0.05) is 32.0 Å². The molecule has 1 aliphatic rings. The van der Waals surface area contributed by atoms with Crippen molar-refractivity contribution in [2.75, 3.05) is 0 Å². The van der Waals surface area contributed by atoms with Crippen molar-refractivity contribution in [3.05, 3.63) is 57.8 Å². The van der Waals surface area contributed by atoms with E-state index in [4.69, 9.17) is 4.74 Å². The van der Waals surface area contributed by atoms with Gasteiger partial charge in [0.25, 0.3) is 5.91 Å². The van der Waals surface area contributed by atoms with Crippen LogP contribution in [0.25, 0.3) is 0 Å². The molecule has 0 fully saturated rings. The lowest BCUT2D eigenvalue weighted by molar-refractivity contribution is 0.0618. The predicted octanol–water partition coefficient (Wildman–Crippen LogP) is 3.00. The van der Waals surface area contributed by atoms with Crippen molar-refractivity contribution < 1.29 is 9.53 Å². The molecule has 6 heteroatoms. The standard InChI is InChI=1S/C20H25N3O3/c1-12(2)9-13-10-15(23-19(25)21-13)18(24)22-16-11-20(3,4)26-17-8-6-5-7-14(16)17/h5-8,10,12,16H,9,11H2,1-4H3,(H,22,24)(H,21,23,25)/t16-/m1/s1. The largest absolute Gasteiger partial charge is 0.487 e. The number of nitrogens with one attached hydrogen (secondary N) is 2. The summed E-state index contributed by atoms with van der Waals surface area (Å²) in [4.78, 5) is 31.1. The summed E-state index contributed by atoms with van der Waals surface area (Å²) in [6.45, 7) is 8.10. The zero-order valence-corrected chi connectivity index (χ0v) is 15.6. The molecule has 0 saturated heterocycles. The minimum atomic E-state index is -0.499. The van der Waals surface area contributed by atoms with Crippen molar-refractivity contribution in [3.8, 4) is 5.75 Å². The molecule has 2 aromatic rings. The number of H-pyrrole nitrogens is 1. The van der Waals surface area contributed by atoms with E-state index in [2.05, 4.69) is 29.1 Å². The average Bonchev–Trinajstić information content (AvgIpc) is 2.52. The smallest absolute Gasteiger partial charge is 0.345 e. The molecule has 1 aromatic carbocycles. The number of nitrogens with zero attached hydrogens (tertiary/aromatic N) is 1. The van der Waals surface area contributed by atoms with Crippen molar-refractivity contribution in [2.45, 2.75) is 52.2 Å². The second-order valence-electron chi connectivity index (χ2n) is 7.82. The van der Waals surface area contributed by atoms with E-state index in [1.807, 2.05) is 38.1 Å². The van der Waals surface area contributed by atoms with Crippen LogP contribution >= 0.6 is 0 Å². The van der Waals surface area contributed by atoms with Gasteiger partial charge in [0.15, 0.2) is 0 Å². The van der Waals surface area contributed by atoms with Crippen molar-refractivity contribution in [2.24, 2.45) is 5.92 Å². The molecule has 2 heterocycles. The summed E-state index contributed by atoms with van der Waals surface area (Å²) in [5.41, 5.74) is 0.911. The Bertz CT molecular complexity index is 871. The van der Waals surface area contributed by atoms with Crippen molar-refractivity contribution >= 4 is 5.91 Å². The third-order valence-corrected chi connectivity index (χ3v) is 4.34. The van der Waals surface area contributed by atoms with E-state index < -0.39 is 11.3 Å². The first-order valence-electron chi connectivity index (χ1n) is 8.92. The van der Waals surface area contributed by atoms with Gasteiger partial charge in [0, 0.05) is 17.7 Å². The highest BCUT2D eigenvalue weighted by Crippen LogP contribution is 2.39. The number of amides is 1. The fourth-order valence-electron chi connectivity index (χ4n) is 3.34. The molecule has 138 valence electrons. The van der Waals surface area contributed by atoms with E-state index in [0.717, 1.165) is 17.0 Å². The van der Waals surface area contributed by atoms with Crippen LogP contribution in [-0.4, -0.2) is 21.5 Å². The lowest BCUT2D eigenvalue weighted by Gasteiger charge is -2.37. The molecule has 1 atom stereocenters. The number of benzene rings is 1. The Balaban J connectivity index is 1.86. The Kier molecular flexibility index (Phi) is 4.85. The molecule has 1 aromatic heterocycles. The summed E-state index contributed by atoms with van der Waals surface area (Å²) < 4.78 is 6.00. The lowest BCUT2D eigenvalue weighted by atomic mass is 9.89. The van der Waals surface area contributed by atoms with Crippen LogP contribution in [-0.2, 0) is 6.42 Å². The maximum atomic E-state index is 12.8. The van der Waals surface area contributed by atoms with E-state index in [9.17, 15) is 9.59 Å². The molecule has 0 radical (unpaired) electrons. The zero-order chi connectivity index (χ0) is 18.9. The summed E-state index contributed by atoms with van der Waals surface area (Å²) in [5, 5.41) is 3.02. The lowest BCUT2D eigenvalue weighted by Crippen LogP contribution is -2.41. The van der Waals surface area contributed by atoms with Crippen molar-refractivity contribution in [3.63, 3.8) is 0 Å². The van der Waals surface area contributed by atoms with Gasteiger partial charge in [-0.25, -0.2) is 4.79 Å². The zero-order valence-electron chi connectivity index (χ0n) is 15.6. The van der Waals surface area contributed by atoms with E-state index in [-0.39, 0.29) is 17.6 Å². The molecular weight excluding hydrogens is 330 g/mol. The van der Waals surface area contributed by atoms with Crippen LogP contribution in [0.2, 0.25) is 0 Å². The molecule has 3 rings (SSSR count). The van der Waals surface area contributed by atoms with Gasteiger partial charge in [0.1, 0.15) is 17.0 Å². The quantitative estimate of drug-likeness (QED) is 0.883. The summed E-state index contributed by atoms with van der Waals surface area (Å²) in [5.74, 6) is 0.791. The number of aromatic amines is 1. The SMILES string of the molecule is CC(C)Cc1cc(C(=O)N[C@@H]2CC(C)(C)Oc3ccccc32)nc(=O)[nH]1. The third kappa shape index (κ3) is 4.12. The van der Waals surface area contributed by atoms with E-state index in [1.54, 1.807) is 6.07 Å². The molecule has 6 nitrogen and oxygen atoms in total. The van der Waals surface area contributed by atoms with Gasteiger partial charge in [-0.05, 0) is 38.3 Å². The van der Waals surface area contributed by atoms with Crippen molar-refractivity contribution in [1.82, 2.24) is 15.3 Å². The third-order valence-electron chi connectivity index (χ3n) is 4.34. The molecule has 0 unspecified atom stereocenters. The number of hydrogen-bond acceptors (Lipinski definition) is 4. The number of aromatic nitrogens is 2. The van der Waals surface area contributed by atoms with Crippen LogP contribution in [0, 0.1) is 5.92 Å². The Morgan fingerprint density at radius 3 is 2.85 bits per heavy atom. The number of hydrogen-bond donors (Lipinski definition) is 2.